The van der Waals surface area contributed by atoms with Gasteiger partial charge in [0.05, 0.1) is 35.5 Å². The Morgan fingerprint density at radius 1 is 1.57 bits per heavy atom. The van der Waals surface area contributed by atoms with Gasteiger partial charge in [0.15, 0.2) is 9.84 Å². The van der Waals surface area contributed by atoms with Crippen LogP contribution >= 0.6 is 0 Å². The van der Waals surface area contributed by atoms with Crippen LogP contribution in [0.2, 0.25) is 0 Å². The van der Waals surface area contributed by atoms with E-state index in [0.717, 1.165) is 18.2 Å². The first kappa shape index (κ1) is 17.3. The Hall–Kier alpha value is -2.09. The molecule has 0 spiro atoms. The zero-order chi connectivity index (χ0) is 17.5. The van der Waals surface area contributed by atoms with Crippen LogP contribution in [0.25, 0.3) is 0 Å². The number of nitrogens with two attached hydrogens (primary N) is 1. The number of sulfone groups is 1. The molecule has 1 atom stereocenters. The maximum absolute atomic E-state index is 14.0. The molecule has 1 aromatic carbocycles. The third-order valence-electron chi connectivity index (χ3n) is 3.74. The van der Waals surface area contributed by atoms with Gasteiger partial charge in [-0.3, -0.25) is 10.1 Å². The van der Waals surface area contributed by atoms with Crippen molar-refractivity contribution in [1.29, 1.82) is 5.26 Å². The number of nitrogens with zero attached hydrogens (tertiary/aromatic N) is 2. The van der Waals surface area contributed by atoms with Gasteiger partial charge >= 0.3 is 0 Å². The number of nitro groups is 1. The summed E-state index contributed by atoms with van der Waals surface area (Å²) in [6.07, 6.45) is 0. The van der Waals surface area contributed by atoms with E-state index in [4.69, 9.17) is 15.7 Å². The number of hydrogen-bond donors (Lipinski definition) is 1. The highest BCUT2D eigenvalue weighted by atomic mass is 32.2. The van der Waals surface area contributed by atoms with Crippen LogP contribution in [0.5, 0.6) is 0 Å². The molecule has 0 saturated carbocycles. The summed E-state index contributed by atoms with van der Waals surface area (Å²) < 4.78 is 42.0. The highest BCUT2D eigenvalue weighted by Crippen LogP contribution is 2.33. The Kier molecular flexibility index (Phi) is 4.14. The quantitative estimate of drug-likeness (QED) is 0.611. The Bertz CT molecular complexity index is 796. The molecule has 0 aromatic heterocycles. The van der Waals surface area contributed by atoms with Crippen LogP contribution in [0, 0.1) is 27.3 Å². The van der Waals surface area contributed by atoms with Crippen molar-refractivity contribution in [3.05, 3.63) is 39.7 Å². The van der Waals surface area contributed by atoms with Gasteiger partial charge < -0.3 is 10.5 Å². The number of nitriles is 1. The van der Waals surface area contributed by atoms with Crippen molar-refractivity contribution >= 4 is 15.5 Å². The summed E-state index contributed by atoms with van der Waals surface area (Å²) in [6, 6.07) is 4.42. The predicted octanol–water partition coefficient (Wildman–Crippen LogP) is 0.615. The summed E-state index contributed by atoms with van der Waals surface area (Å²) in [5.74, 6) is -1.60. The van der Waals surface area contributed by atoms with E-state index < -0.39 is 42.3 Å². The maximum atomic E-state index is 14.0. The highest BCUT2D eigenvalue weighted by Gasteiger charge is 2.53. The Morgan fingerprint density at radius 3 is 2.61 bits per heavy atom. The molecule has 2 N–H and O–H groups in total. The zero-order valence-corrected chi connectivity index (χ0v) is 13.0. The molecule has 0 aliphatic carbocycles. The largest absolute Gasteiger partial charge is 0.376 e. The van der Waals surface area contributed by atoms with Crippen LogP contribution in [0.1, 0.15) is 12.5 Å². The molecule has 8 nitrogen and oxygen atoms in total. The normalized spacial score (nSPS) is 19.2. The molecule has 2 rings (SSSR count). The molecule has 1 saturated heterocycles. The smallest absolute Gasteiger partial charge is 0.269 e. The molecule has 1 fully saturated rings. The fourth-order valence-corrected chi connectivity index (χ4v) is 4.16. The Balaban J connectivity index is 2.42. The molecule has 10 heteroatoms. The van der Waals surface area contributed by atoms with Gasteiger partial charge in [0.1, 0.15) is 5.82 Å². The summed E-state index contributed by atoms with van der Waals surface area (Å²) in [4.78, 5) is 10.1. The molecule has 1 aromatic rings. The number of ether oxygens (including phenoxy) is 1. The molecular weight excluding hydrogens is 329 g/mol. The van der Waals surface area contributed by atoms with Gasteiger partial charge in [-0.05, 0) is 13.0 Å². The van der Waals surface area contributed by atoms with Crippen molar-refractivity contribution in [3.63, 3.8) is 0 Å². The van der Waals surface area contributed by atoms with Gasteiger partial charge in [-0.1, -0.05) is 0 Å². The second kappa shape index (κ2) is 5.52. The lowest BCUT2D eigenvalue weighted by Crippen LogP contribution is -2.58. The molecule has 23 heavy (non-hydrogen) atoms. The van der Waals surface area contributed by atoms with Crippen molar-refractivity contribution in [1.82, 2.24) is 0 Å². The molecule has 1 aliphatic heterocycles. The van der Waals surface area contributed by atoms with E-state index in [0.29, 0.717) is 0 Å². The topological polar surface area (TPSA) is 136 Å². The lowest BCUT2D eigenvalue weighted by Gasteiger charge is -2.37. The number of halogens is 1. The molecule has 0 amide bonds. The van der Waals surface area contributed by atoms with E-state index in [1.807, 2.05) is 0 Å². The van der Waals surface area contributed by atoms with Crippen LogP contribution in [0.4, 0.5) is 10.1 Å². The van der Waals surface area contributed by atoms with Gasteiger partial charge in [-0.25, -0.2) is 12.8 Å². The van der Waals surface area contributed by atoms with E-state index >= 15 is 0 Å². The second-order valence-electron chi connectivity index (χ2n) is 5.70. The Morgan fingerprint density at radius 2 is 2.17 bits per heavy atom. The summed E-state index contributed by atoms with van der Waals surface area (Å²) in [5, 5.41) is 19.9. The fourth-order valence-electron chi connectivity index (χ4n) is 2.28. The molecule has 124 valence electrons. The Labute approximate surface area is 131 Å². The fraction of sp³-hybridized carbons (Fsp3) is 0.462. The third kappa shape index (κ3) is 2.90. The second-order valence-corrected chi connectivity index (χ2v) is 8.00. The molecule has 0 bridgehead atoms. The van der Waals surface area contributed by atoms with E-state index in [9.17, 15) is 22.9 Å². The van der Waals surface area contributed by atoms with Gasteiger partial charge in [-0.2, -0.15) is 5.26 Å². The first-order valence-electron chi connectivity index (χ1n) is 6.49. The number of hydrogen-bond acceptors (Lipinski definition) is 7. The van der Waals surface area contributed by atoms with Crippen molar-refractivity contribution in [2.45, 2.75) is 17.2 Å². The van der Waals surface area contributed by atoms with Crippen LogP contribution in [0.15, 0.2) is 18.2 Å². The molecule has 1 heterocycles. The molecule has 0 unspecified atom stereocenters. The van der Waals surface area contributed by atoms with E-state index in [1.54, 1.807) is 6.07 Å². The summed E-state index contributed by atoms with van der Waals surface area (Å²) in [6.45, 7) is 0.690. The lowest BCUT2D eigenvalue weighted by atomic mass is 9.94. The molecule has 1 aliphatic rings. The van der Waals surface area contributed by atoms with Crippen LogP contribution in [-0.2, 0) is 20.1 Å². The van der Waals surface area contributed by atoms with Gasteiger partial charge in [0.2, 0.25) is 4.75 Å². The van der Waals surface area contributed by atoms with Crippen LogP contribution in [0.3, 0.4) is 0 Å². The predicted molar refractivity (Wildman–Crippen MR) is 77.5 cm³/mol. The third-order valence-corrected chi connectivity index (χ3v) is 6.23. The SMILES string of the molecule is C[C@](N)(CS(=O)(=O)C1(C#N)COC1)c1cc([N+](=O)[O-])ccc1F. The van der Waals surface area contributed by atoms with Crippen molar-refractivity contribution in [2.75, 3.05) is 19.0 Å². The van der Waals surface area contributed by atoms with Crippen LogP contribution in [-0.4, -0.2) is 37.1 Å². The van der Waals surface area contributed by atoms with Crippen LogP contribution < -0.4 is 5.73 Å². The average molecular weight is 343 g/mol. The first-order chi connectivity index (χ1) is 10.5. The zero-order valence-electron chi connectivity index (χ0n) is 12.2. The van der Waals surface area contributed by atoms with E-state index in [2.05, 4.69) is 0 Å². The summed E-state index contributed by atoms with van der Waals surface area (Å²) in [5.41, 5.74) is 3.48. The lowest BCUT2D eigenvalue weighted by molar-refractivity contribution is -0.385. The van der Waals surface area contributed by atoms with Crippen molar-refractivity contribution < 1.29 is 22.5 Å². The minimum atomic E-state index is -4.04. The molecular formula is C13H14FN3O5S. The average Bonchev–Trinajstić information content (AvgIpc) is 2.36. The van der Waals surface area contributed by atoms with Gasteiger partial charge in [0, 0.05) is 17.7 Å². The summed E-state index contributed by atoms with van der Waals surface area (Å²) in [7, 11) is -4.04. The van der Waals surface area contributed by atoms with Gasteiger partial charge in [0.25, 0.3) is 5.69 Å². The van der Waals surface area contributed by atoms with Crippen molar-refractivity contribution in [3.8, 4) is 6.07 Å². The summed E-state index contributed by atoms with van der Waals surface area (Å²) >= 11 is 0. The highest BCUT2D eigenvalue weighted by molar-refractivity contribution is 7.93. The maximum Gasteiger partial charge on any atom is 0.269 e. The van der Waals surface area contributed by atoms with Gasteiger partial charge in [-0.15, -0.1) is 0 Å². The number of rotatable bonds is 5. The molecule has 0 radical (unpaired) electrons. The van der Waals surface area contributed by atoms with E-state index in [-0.39, 0.29) is 18.8 Å². The van der Waals surface area contributed by atoms with E-state index in [1.165, 1.54) is 6.92 Å². The monoisotopic (exact) mass is 343 g/mol. The minimum Gasteiger partial charge on any atom is -0.376 e. The minimum absolute atomic E-state index is 0.278. The number of benzene rings is 1. The number of nitro benzene ring substituents is 1. The number of non-ortho nitro benzene ring substituents is 1. The first-order valence-corrected chi connectivity index (χ1v) is 8.14. The van der Waals surface area contributed by atoms with Crippen molar-refractivity contribution in [2.24, 2.45) is 5.73 Å². The standard InChI is InChI=1S/C13H14FN3O5S/c1-12(16,8-23(20,21)13(5-15)6-22-7-13)10-4-9(17(18)19)2-3-11(10)14/h2-4H,6-8,16H2,1H3/t12-/m0/s1.